The number of nitrogens with one attached hydrogen (secondary N) is 1. The fraction of sp³-hybridized carbons (Fsp3) is 0.500. The molecule has 1 unspecified atom stereocenters. The molecule has 3 N–H and O–H groups in total. The maximum atomic E-state index is 5.77. The van der Waals surface area contributed by atoms with Crippen molar-refractivity contribution in [3.63, 3.8) is 0 Å². The van der Waals surface area contributed by atoms with Crippen LogP contribution in [0.25, 0.3) is 0 Å². The highest BCUT2D eigenvalue weighted by atomic mass is 15.0. The number of hydrogen-bond donors (Lipinski definition) is 2. The van der Waals surface area contributed by atoms with E-state index in [2.05, 4.69) is 22.2 Å². The third kappa shape index (κ3) is 0.956. The molecule has 0 aliphatic carbocycles. The van der Waals surface area contributed by atoms with Gasteiger partial charge < -0.3 is 11.1 Å². The zero-order valence-corrected chi connectivity index (χ0v) is 7.26. The van der Waals surface area contributed by atoms with E-state index < -0.39 is 0 Å². The molecule has 0 bridgehead atoms. The number of nitrogens with zero attached hydrogens (tertiary/aromatic N) is 2. The first-order chi connectivity index (χ1) is 5.68. The first-order valence-corrected chi connectivity index (χ1v) is 4.04. The number of fused-ring (bicyclic) bond motifs is 1. The Hall–Kier alpha value is -1.16. The molecule has 2 rings (SSSR count). The minimum absolute atomic E-state index is 0.292. The molecule has 4 heteroatoms. The van der Waals surface area contributed by atoms with Crippen molar-refractivity contribution >= 4 is 5.82 Å². The van der Waals surface area contributed by atoms with Crippen LogP contribution in [0, 0.1) is 6.92 Å². The van der Waals surface area contributed by atoms with Gasteiger partial charge in [-0.2, -0.15) is 0 Å². The van der Waals surface area contributed by atoms with E-state index in [1.165, 1.54) is 0 Å². The van der Waals surface area contributed by atoms with Crippen LogP contribution < -0.4 is 11.1 Å². The molecular weight excluding hydrogens is 152 g/mol. The molecule has 2 heterocycles. The van der Waals surface area contributed by atoms with Gasteiger partial charge in [-0.3, -0.25) is 0 Å². The van der Waals surface area contributed by atoms with Gasteiger partial charge in [0.05, 0.1) is 5.69 Å². The molecule has 4 nitrogen and oxygen atoms in total. The minimum atomic E-state index is 0.292. The summed E-state index contributed by atoms with van der Waals surface area (Å²) >= 11 is 0. The van der Waals surface area contributed by atoms with Crippen molar-refractivity contribution in [2.24, 2.45) is 0 Å². The Morgan fingerprint density at radius 2 is 2.25 bits per heavy atom. The standard InChI is InChI=1S/C8H12N4/c1-4-7-6(3-10-4)11-5(2)12-8(7)9/h4,10H,3H2,1-2H3,(H2,9,11,12). The van der Waals surface area contributed by atoms with Gasteiger partial charge in [0.1, 0.15) is 11.6 Å². The Morgan fingerprint density at radius 3 is 3.00 bits per heavy atom. The highest BCUT2D eigenvalue weighted by Crippen LogP contribution is 2.27. The number of rotatable bonds is 0. The van der Waals surface area contributed by atoms with Crippen LogP contribution in [0.3, 0.4) is 0 Å². The lowest BCUT2D eigenvalue weighted by Crippen LogP contribution is -2.08. The summed E-state index contributed by atoms with van der Waals surface area (Å²) in [6.07, 6.45) is 0. The summed E-state index contributed by atoms with van der Waals surface area (Å²) in [4.78, 5) is 8.43. The second-order valence-corrected chi connectivity index (χ2v) is 3.12. The van der Waals surface area contributed by atoms with Crippen LogP contribution in [0.15, 0.2) is 0 Å². The molecule has 1 aliphatic heterocycles. The lowest BCUT2D eigenvalue weighted by molar-refractivity contribution is 0.632. The highest BCUT2D eigenvalue weighted by molar-refractivity contribution is 5.46. The maximum absolute atomic E-state index is 5.77. The van der Waals surface area contributed by atoms with Crippen molar-refractivity contribution in [2.75, 3.05) is 5.73 Å². The van der Waals surface area contributed by atoms with Crippen molar-refractivity contribution in [1.29, 1.82) is 0 Å². The summed E-state index contributed by atoms with van der Waals surface area (Å²) < 4.78 is 0. The van der Waals surface area contributed by atoms with E-state index in [4.69, 9.17) is 5.73 Å². The maximum Gasteiger partial charge on any atom is 0.132 e. The van der Waals surface area contributed by atoms with Crippen molar-refractivity contribution in [3.05, 3.63) is 17.1 Å². The van der Waals surface area contributed by atoms with Crippen LogP contribution in [0.1, 0.15) is 30.0 Å². The van der Waals surface area contributed by atoms with Gasteiger partial charge in [0.2, 0.25) is 0 Å². The Morgan fingerprint density at radius 1 is 1.50 bits per heavy atom. The Balaban J connectivity index is 2.60. The number of anilines is 1. The topological polar surface area (TPSA) is 63.8 Å². The summed E-state index contributed by atoms with van der Waals surface area (Å²) in [5.41, 5.74) is 7.89. The fourth-order valence-electron chi connectivity index (χ4n) is 1.62. The van der Waals surface area contributed by atoms with E-state index in [1.54, 1.807) is 0 Å². The van der Waals surface area contributed by atoms with Crippen LogP contribution >= 0.6 is 0 Å². The molecule has 1 aromatic rings. The molecule has 1 atom stereocenters. The quantitative estimate of drug-likeness (QED) is 0.587. The van der Waals surface area contributed by atoms with Gasteiger partial charge >= 0.3 is 0 Å². The smallest absolute Gasteiger partial charge is 0.132 e. The SMILES string of the molecule is Cc1nc(N)c2c(n1)CNC2C. The number of aromatic nitrogens is 2. The van der Waals surface area contributed by atoms with Gasteiger partial charge in [0.25, 0.3) is 0 Å². The largest absolute Gasteiger partial charge is 0.383 e. The summed E-state index contributed by atoms with van der Waals surface area (Å²) in [7, 11) is 0. The van der Waals surface area contributed by atoms with E-state index in [9.17, 15) is 0 Å². The summed E-state index contributed by atoms with van der Waals surface area (Å²) in [5.74, 6) is 1.37. The van der Waals surface area contributed by atoms with Crippen molar-refractivity contribution in [2.45, 2.75) is 26.4 Å². The summed E-state index contributed by atoms with van der Waals surface area (Å²) in [6.45, 7) is 4.74. The first kappa shape index (κ1) is 7.49. The Kier molecular flexibility index (Phi) is 1.51. The third-order valence-electron chi connectivity index (χ3n) is 2.17. The van der Waals surface area contributed by atoms with Crippen LogP contribution in [0.5, 0.6) is 0 Å². The van der Waals surface area contributed by atoms with Gasteiger partial charge in [0, 0.05) is 18.2 Å². The minimum Gasteiger partial charge on any atom is -0.383 e. The molecule has 0 saturated carbocycles. The Bertz CT molecular complexity index is 321. The molecule has 0 spiro atoms. The normalized spacial score (nSPS) is 21.0. The number of nitrogens with two attached hydrogens (primary N) is 1. The van der Waals surface area contributed by atoms with E-state index in [0.717, 1.165) is 23.6 Å². The average molecular weight is 164 g/mol. The molecule has 1 aliphatic rings. The molecule has 0 fully saturated rings. The van der Waals surface area contributed by atoms with E-state index in [0.29, 0.717) is 11.9 Å². The molecule has 0 aromatic carbocycles. The molecular formula is C8H12N4. The van der Waals surface area contributed by atoms with E-state index >= 15 is 0 Å². The van der Waals surface area contributed by atoms with Crippen LogP contribution in [-0.4, -0.2) is 9.97 Å². The van der Waals surface area contributed by atoms with Gasteiger partial charge in [-0.15, -0.1) is 0 Å². The zero-order valence-electron chi connectivity index (χ0n) is 7.26. The lowest BCUT2D eigenvalue weighted by atomic mass is 10.1. The van der Waals surface area contributed by atoms with Crippen LogP contribution in [0.4, 0.5) is 5.82 Å². The molecule has 64 valence electrons. The summed E-state index contributed by atoms with van der Waals surface area (Å²) in [5, 5.41) is 3.27. The second kappa shape index (κ2) is 2.42. The van der Waals surface area contributed by atoms with Crippen LogP contribution in [-0.2, 0) is 6.54 Å². The fourth-order valence-corrected chi connectivity index (χ4v) is 1.62. The molecule has 12 heavy (non-hydrogen) atoms. The lowest BCUT2D eigenvalue weighted by Gasteiger charge is -2.06. The van der Waals surface area contributed by atoms with Gasteiger partial charge in [-0.1, -0.05) is 0 Å². The van der Waals surface area contributed by atoms with Crippen molar-refractivity contribution in [1.82, 2.24) is 15.3 Å². The number of aryl methyl sites for hydroxylation is 1. The van der Waals surface area contributed by atoms with E-state index in [-0.39, 0.29) is 0 Å². The monoisotopic (exact) mass is 164 g/mol. The molecule has 0 amide bonds. The first-order valence-electron chi connectivity index (χ1n) is 4.04. The summed E-state index contributed by atoms with van der Waals surface area (Å²) in [6, 6.07) is 0.292. The highest BCUT2D eigenvalue weighted by Gasteiger charge is 2.22. The molecule has 0 saturated heterocycles. The van der Waals surface area contributed by atoms with Gasteiger partial charge in [0.15, 0.2) is 0 Å². The average Bonchev–Trinajstić information content (AvgIpc) is 2.31. The third-order valence-corrected chi connectivity index (χ3v) is 2.17. The number of hydrogen-bond acceptors (Lipinski definition) is 4. The van der Waals surface area contributed by atoms with E-state index in [1.807, 2.05) is 6.92 Å². The van der Waals surface area contributed by atoms with Crippen LogP contribution in [0.2, 0.25) is 0 Å². The number of nitrogen functional groups attached to an aromatic ring is 1. The Labute approximate surface area is 71.2 Å². The predicted octanol–water partition coefficient (Wildman–Crippen LogP) is 0.531. The second-order valence-electron chi connectivity index (χ2n) is 3.12. The molecule has 0 radical (unpaired) electrons. The predicted molar refractivity (Wildman–Crippen MR) is 46.4 cm³/mol. The van der Waals surface area contributed by atoms with Crippen molar-refractivity contribution < 1.29 is 0 Å². The van der Waals surface area contributed by atoms with Gasteiger partial charge in [-0.25, -0.2) is 9.97 Å². The van der Waals surface area contributed by atoms with Crippen molar-refractivity contribution in [3.8, 4) is 0 Å². The van der Waals surface area contributed by atoms with Gasteiger partial charge in [-0.05, 0) is 13.8 Å². The zero-order chi connectivity index (χ0) is 8.72. The molecule has 1 aromatic heterocycles.